The lowest BCUT2D eigenvalue weighted by Gasteiger charge is -2.16. The molecule has 1 atom stereocenters. The minimum Gasteiger partial charge on any atom is -0.378 e. The number of carbonyl (C=O) groups is 1. The van der Waals surface area contributed by atoms with Crippen LogP contribution in [0.1, 0.15) is 57.8 Å². The summed E-state index contributed by atoms with van der Waals surface area (Å²) in [6.45, 7) is 3.54. The quantitative estimate of drug-likeness (QED) is 0.496. The average Bonchev–Trinajstić information content (AvgIpc) is 2.91. The molecular formula is C17H33ClN2O3. The smallest absolute Gasteiger partial charge is 0.222 e. The van der Waals surface area contributed by atoms with Crippen molar-refractivity contribution in [2.45, 2.75) is 69.9 Å². The predicted octanol–water partition coefficient (Wildman–Crippen LogP) is 2.42. The molecule has 1 aliphatic carbocycles. The van der Waals surface area contributed by atoms with Crippen LogP contribution in [0.2, 0.25) is 0 Å². The number of halogens is 1. The van der Waals surface area contributed by atoms with Gasteiger partial charge in [0.15, 0.2) is 0 Å². The van der Waals surface area contributed by atoms with Gasteiger partial charge < -0.3 is 20.1 Å². The topological polar surface area (TPSA) is 59.6 Å². The van der Waals surface area contributed by atoms with Crippen molar-refractivity contribution in [1.29, 1.82) is 0 Å². The maximum Gasteiger partial charge on any atom is 0.222 e. The van der Waals surface area contributed by atoms with Crippen LogP contribution in [-0.4, -0.2) is 51.0 Å². The number of ether oxygens (including phenoxy) is 2. The number of rotatable bonds is 9. The van der Waals surface area contributed by atoms with Crippen LogP contribution in [0.5, 0.6) is 0 Å². The molecule has 1 aliphatic heterocycles. The molecule has 0 aromatic rings. The lowest BCUT2D eigenvalue weighted by molar-refractivity contribution is -0.122. The SMILES string of the molecule is Cl.O=C(CCOCC1CCCO1)NCCNC1CCCCCC1. The van der Waals surface area contributed by atoms with Crippen molar-refractivity contribution in [2.75, 3.05) is 32.9 Å². The zero-order valence-electron chi connectivity index (χ0n) is 14.2. The lowest BCUT2D eigenvalue weighted by atomic mass is 10.1. The van der Waals surface area contributed by atoms with Gasteiger partial charge in [0.1, 0.15) is 0 Å². The van der Waals surface area contributed by atoms with E-state index in [9.17, 15) is 4.79 Å². The Kier molecular flexibility index (Phi) is 11.7. The summed E-state index contributed by atoms with van der Waals surface area (Å²) in [5.74, 6) is 0.0787. The summed E-state index contributed by atoms with van der Waals surface area (Å²) in [6.07, 6.45) is 10.9. The summed E-state index contributed by atoms with van der Waals surface area (Å²) >= 11 is 0. The molecule has 6 heteroatoms. The van der Waals surface area contributed by atoms with Crippen LogP contribution in [0, 0.1) is 0 Å². The molecule has 1 amide bonds. The molecule has 2 aliphatic rings. The lowest BCUT2D eigenvalue weighted by Crippen LogP contribution is -2.37. The fraction of sp³-hybridized carbons (Fsp3) is 0.941. The van der Waals surface area contributed by atoms with Gasteiger partial charge in [-0.1, -0.05) is 25.7 Å². The molecule has 2 rings (SSSR count). The van der Waals surface area contributed by atoms with E-state index >= 15 is 0 Å². The van der Waals surface area contributed by atoms with Gasteiger partial charge in [-0.25, -0.2) is 0 Å². The molecule has 23 heavy (non-hydrogen) atoms. The Bertz CT molecular complexity index is 304. The molecule has 0 aromatic heterocycles. The highest BCUT2D eigenvalue weighted by molar-refractivity contribution is 5.85. The second kappa shape index (κ2) is 13.0. The molecule has 5 nitrogen and oxygen atoms in total. The van der Waals surface area contributed by atoms with Gasteiger partial charge in [-0.2, -0.15) is 0 Å². The van der Waals surface area contributed by atoms with Crippen molar-refractivity contribution in [2.24, 2.45) is 0 Å². The maximum atomic E-state index is 11.7. The third kappa shape index (κ3) is 9.50. The van der Waals surface area contributed by atoms with Crippen LogP contribution in [0.3, 0.4) is 0 Å². The highest BCUT2D eigenvalue weighted by atomic mass is 35.5. The van der Waals surface area contributed by atoms with Crippen LogP contribution in [0.4, 0.5) is 0 Å². The van der Waals surface area contributed by atoms with E-state index in [0.29, 0.717) is 32.2 Å². The van der Waals surface area contributed by atoms with E-state index < -0.39 is 0 Å². The Labute approximate surface area is 146 Å². The van der Waals surface area contributed by atoms with Crippen LogP contribution >= 0.6 is 12.4 Å². The summed E-state index contributed by atoms with van der Waals surface area (Å²) < 4.78 is 11.0. The van der Waals surface area contributed by atoms with E-state index in [2.05, 4.69) is 10.6 Å². The van der Waals surface area contributed by atoms with Gasteiger partial charge in [0.05, 0.1) is 19.3 Å². The molecule has 2 N–H and O–H groups in total. The van der Waals surface area contributed by atoms with E-state index in [-0.39, 0.29) is 24.4 Å². The summed E-state index contributed by atoms with van der Waals surface area (Å²) in [5, 5.41) is 6.51. The molecule has 1 saturated heterocycles. The Hall–Kier alpha value is -0.360. The Morgan fingerprint density at radius 1 is 1.04 bits per heavy atom. The molecule has 1 heterocycles. The van der Waals surface area contributed by atoms with Gasteiger partial charge in [0.2, 0.25) is 5.91 Å². The first-order chi connectivity index (χ1) is 10.8. The molecule has 2 fully saturated rings. The van der Waals surface area contributed by atoms with Crippen molar-refractivity contribution in [3.63, 3.8) is 0 Å². The molecular weight excluding hydrogens is 316 g/mol. The zero-order valence-corrected chi connectivity index (χ0v) is 15.0. The van der Waals surface area contributed by atoms with E-state index in [0.717, 1.165) is 26.0 Å². The molecule has 0 spiro atoms. The number of hydrogen-bond donors (Lipinski definition) is 2. The van der Waals surface area contributed by atoms with Crippen molar-refractivity contribution < 1.29 is 14.3 Å². The highest BCUT2D eigenvalue weighted by Crippen LogP contribution is 2.16. The van der Waals surface area contributed by atoms with Crippen LogP contribution < -0.4 is 10.6 Å². The van der Waals surface area contributed by atoms with Crippen molar-refractivity contribution >= 4 is 18.3 Å². The molecule has 1 unspecified atom stereocenters. The van der Waals surface area contributed by atoms with Crippen molar-refractivity contribution in [3.8, 4) is 0 Å². The third-order valence-electron chi connectivity index (χ3n) is 4.54. The monoisotopic (exact) mass is 348 g/mol. The van der Waals surface area contributed by atoms with Crippen molar-refractivity contribution in [3.05, 3.63) is 0 Å². The van der Waals surface area contributed by atoms with Gasteiger partial charge >= 0.3 is 0 Å². The summed E-state index contributed by atoms with van der Waals surface area (Å²) in [7, 11) is 0. The van der Waals surface area contributed by atoms with Crippen molar-refractivity contribution in [1.82, 2.24) is 10.6 Å². The van der Waals surface area contributed by atoms with E-state index in [1.54, 1.807) is 0 Å². The van der Waals surface area contributed by atoms with Crippen LogP contribution in [0.15, 0.2) is 0 Å². The number of nitrogens with one attached hydrogen (secondary N) is 2. The largest absolute Gasteiger partial charge is 0.378 e. The zero-order chi connectivity index (χ0) is 15.5. The Morgan fingerprint density at radius 2 is 1.83 bits per heavy atom. The average molecular weight is 349 g/mol. The first-order valence-electron chi connectivity index (χ1n) is 9.04. The second-order valence-corrected chi connectivity index (χ2v) is 6.45. The molecule has 0 radical (unpaired) electrons. The van der Waals surface area contributed by atoms with E-state index in [4.69, 9.17) is 9.47 Å². The van der Waals surface area contributed by atoms with Gasteiger partial charge in [0.25, 0.3) is 0 Å². The van der Waals surface area contributed by atoms with Crippen LogP contribution in [0.25, 0.3) is 0 Å². The molecule has 1 saturated carbocycles. The summed E-state index contributed by atoms with van der Waals surface area (Å²) in [5.41, 5.74) is 0. The fourth-order valence-corrected chi connectivity index (χ4v) is 3.21. The van der Waals surface area contributed by atoms with E-state index in [1.807, 2.05) is 0 Å². The standard InChI is InChI=1S/C17H32N2O3.ClH/c20-17(9-13-21-14-16-8-5-12-22-16)19-11-10-18-15-6-3-1-2-4-7-15;/h15-16,18H,1-14H2,(H,19,20);1H. The molecule has 0 bridgehead atoms. The second-order valence-electron chi connectivity index (χ2n) is 6.45. The summed E-state index contributed by atoms with van der Waals surface area (Å²) in [4.78, 5) is 11.7. The first-order valence-corrected chi connectivity index (χ1v) is 9.04. The predicted molar refractivity (Wildman–Crippen MR) is 94.2 cm³/mol. The van der Waals surface area contributed by atoms with E-state index in [1.165, 1.54) is 38.5 Å². The minimum absolute atomic E-state index is 0. The van der Waals surface area contributed by atoms with Gasteiger partial charge in [0, 0.05) is 32.2 Å². The van der Waals surface area contributed by atoms with Gasteiger partial charge in [-0.05, 0) is 25.7 Å². The van der Waals surface area contributed by atoms with Gasteiger partial charge in [-0.15, -0.1) is 12.4 Å². The highest BCUT2D eigenvalue weighted by Gasteiger charge is 2.15. The normalized spacial score (nSPS) is 22.3. The number of hydrogen-bond acceptors (Lipinski definition) is 4. The minimum atomic E-state index is 0. The van der Waals surface area contributed by atoms with Crippen LogP contribution in [-0.2, 0) is 14.3 Å². The Morgan fingerprint density at radius 3 is 2.52 bits per heavy atom. The summed E-state index contributed by atoms with van der Waals surface area (Å²) in [6, 6.07) is 0.647. The number of amides is 1. The molecule has 0 aromatic carbocycles. The Balaban J connectivity index is 0.00000264. The number of carbonyl (C=O) groups excluding carboxylic acids is 1. The molecule has 136 valence electrons. The first kappa shape index (κ1) is 20.7. The third-order valence-corrected chi connectivity index (χ3v) is 4.54. The maximum absolute atomic E-state index is 11.7. The fourth-order valence-electron chi connectivity index (χ4n) is 3.21. The van der Waals surface area contributed by atoms with Gasteiger partial charge in [-0.3, -0.25) is 4.79 Å².